The molecule has 0 unspecified atom stereocenters. The molecule has 0 radical (unpaired) electrons. The van der Waals surface area contributed by atoms with Crippen LogP contribution in [0.1, 0.15) is 12.7 Å². The van der Waals surface area contributed by atoms with Crippen LogP contribution < -0.4 is 0 Å². The van der Waals surface area contributed by atoms with Crippen LogP contribution in [0.3, 0.4) is 0 Å². The second-order valence-corrected chi connectivity index (χ2v) is 3.28. The van der Waals surface area contributed by atoms with Crippen LogP contribution in [0.15, 0.2) is 6.20 Å². The Morgan fingerprint density at radius 3 is 2.92 bits per heavy atom. The lowest BCUT2D eigenvalue weighted by atomic mass is 10.4. The molecule has 0 N–H and O–H groups in total. The summed E-state index contributed by atoms with van der Waals surface area (Å²) < 4.78 is 1.62. The Hall–Kier alpha value is -0.910. The first-order chi connectivity index (χ1) is 6.20. The van der Waals surface area contributed by atoms with Crippen LogP contribution in [-0.4, -0.2) is 19.8 Å². The molecule has 0 amide bonds. The summed E-state index contributed by atoms with van der Waals surface area (Å²) in [4.78, 5) is 14.1. The number of alkyl halides is 1. The molecule has 0 aromatic carbocycles. The van der Waals surface area contributed by atoms with Gasteiger partial charge in [0, 0.05) is 11.8 Å². The molecule has 72 valence electrons. The summed E-state index contributed by atoms with van der Waals surface area (Å²) in [7, 11) is 0. The number of rotatable bonds is 4. The maximum absolute atomic E-state index is 10.6. The maximum Gasteiger partial charge on any atom is 0.342 e. The number of nitro groups is 1. The van der Waals surface area contributed by atoms with Gasteiger partial charge in [-0.3, -0.25) is 0 Å². The minimum Gasteiger partial charge on any atom is -0.358 e. The average molecular weight is 248 g/mol. The summed E-state index contributed by atoms with van der Waals surface area (Å²) in [6.45, 7) is 2.51. The molecule has 6 heteroatoms. The van der Waals surface area contributed by atoms with Crippen LogP contribution in [0.25, 0.3) is 0 Å². The van der Waals surface area contributed by atoms with Crippen molar-refractivity contribution in [2.45, 2.75) is 19.9 Å². The highest BCUT2D eigenvalue weighted by Crippen LogP contribution is 2.14. The van der Waals surface area contributed by atoms with Crippen molar-refractivity contribution >= 4 is 21.7 Å². The van der Waals surface area contributed by atoms with Crippen molar-refractivity contribution in [2.75, 3.05) is 5.33 Å². The first-order valence-electron chi connectivity index (χ1n) is 3.95. The lowest BCUT2D eigenvalue weighted by Crippen LogP contribution is -2.07. The zero-order chi connectivity index (χ0) is 9.84. The van der Waals surface area contributed by atoms with Gasteiger partial charge >= 0.3 is 5.82 Å². The number of nitrogens with zero attached hydrogens (tertiary/aromatic N) is 3. The topological polar surface area (TPSA) is 61.0 Å². The molecule has 0 aliphatic heterocycles. The van der Waals surface area contributed by atoms with Crippen LogP contribution in [0.5, 0.6) is 0 Å². The molecule has 0 saturated heterocycles. The molecule has 1 aromatic rings. The Labute approximate surface area is 84.1 Å². The Balaban J connectivity index is 3.06. The summed E-state index contributed by atoms with van der Waals surface area (Å²) >= 11 is 3.25. The lowest BCUT2D eigenvalue weighted by Gasteiger charge is -2.00. The molecule has 1 rings (SSSR count). The molecule has 13 heavy (non-hydrogen) atoms. The van der Waals surface area contributed by atoms with Gasteiger partial charge in [0.15, 0.2) is 5.82 Å². The fourth-order valence-electron chi connectivity index (χ4n) is 1.16. The van der Waals surface area contributed by atoms with Crippen LogP contribution in [0.4, 0.5) is 5.82 Å². The molecule has 0 fully saturated rings. The molecule has 0 bridgehead atoms. The highest BCUT2D eigenvalue weighted by molar-refractivity contribution is 9.09. The summed E-state index contributed by atoms with van der Waals surface area (Å²) in [5.41, 5.74) is 0. The molecule has 1 heterocycles. The Kier molecular flexibility index (Phi) is 3.41. The van der Waals surface area contributed by atoms with E-state index in [9.17, 15) is 10.1 Å². The molecule has 0 aliphatic rings. The first-order valence-corrected chi connectivity index (χ1v) is 5.07. The van der Waals surface area contributed by atoms with Crippen LogP contribution in [0, 0.1) is 10.1 Å². The van der Waals surface area contributed by atoms with Crippen LogP contribution >= 0.6 is 15.9 Å². The minimum atomic E-state index is -0.408. The Bertz CT molecular complexity index is 311. The van der Waals surface area contributed by atoms with E-state index in [0.717, 1.165) is 5.82 Å². The van der Waals surface area contributed by atoms with Crippen molar-refractivity contribution in [3.8, 4) is 0 Å². The quantitative estimate of drug-likeness (QED) is 0.463. The van der Waals surface area contributed by atoms with E-state index < -0.39 is 4.92 Å². The van der Waals surface area contributed by atoms with E-state index in [1.807, 2.05) is 6.92 Å². The zero-order valence-electron chi connectivity index (χ0n) is 7.23. The predicted molar refractivity (Wildman–Crippen MR) is 52.1 cm³/mol. The third-order valence-corrected chi connectivity index (χ3v) is 2.08. The number of halogens is 1. The molecule has 0 aliphatic carbocycles. The van der Waals surface area contributed by atoms with Crippen LogP contribution in [-0.2, 0) is 13.0 Å². The summed E-state index contributed by atoms with van der Waals surface area (Å²) in [5.74, 6) is 0.822. The monoisotopic (exact) mass is 247 g/mol. The molecule has 0 atom stereocenters. The van der Waals surface area contributed by atoms with E-state index in [0.29, 0.717) is 18.3 Å². The normalized spacial score (nSPS) is 10.3. The Morgan fingerprint density at radius 1 is 1.77 bits per heavy atom. The van der Waals surface area contributed by atoms with E-state index in [2.05, 4.69) is 20.9 Å². The zero-order valence-corrected chi connectivity index (χ0v) is 8.82. The van der Waals surface area contributed by atoms with Gasteiger partial charge in [0.05, 0.1) is 0 Å². The summed E-state index contributed by atoms with van der Waals surface area (Å²) in [6, 6.07) is 0. The van der Waals surface area contributed by atoms with Gasteiger partial charge in [-0.1, -0.05) is 22.9 Å². The van der Waals surface area contributed by atoms with Gasteiger partial charge in [0.25, 0.3) is 0 Å². The van der Waals surface area contributed by atoms with E-state index in [4.69, 9.17) is 0 Å². The van der Waals surface area contributed by atoms with Crippen molar-refractivity contribution in [3.05, 3.63) is 22.1 Å². The molecular formula is C7H10BrN3O2. The molecular weight excluding hydrogens is 238 g/mol. The Morgan fingerprint density at radius 2 is 2.46 bits per heavy atom. The molecule has 5 nitrogen and oxygen atoms in total. The smallest absolute Gasteiger partial charge is 0.342 e. The third-order valence-electron chi connectivity index (χ3n) is 1.73. The molecule has 0 spiro atoms. The third kappa shape index (κ3) is 2.06. The van der Waals surface area contributed by atoms with Gasteiger partial charge < -0.3 is 10.1 Å². The largest absolute Gasteiger partial charge is 0.358 e. The first kappa shape index (κ1) is 10.2. The van der Waals surface area contributed by atoms with Gasteiger partial charge in [0.1, 0.15) is 12.7 Å². The summed E-state index contributed by atoms with van der Waals surface area (Å²) in [6.07, 6.45) is 2.02. The minimum absolute atomic E-state index is 0.0660. The van der Waals surface area contributed by atoms with Gasteiger partial charge in [0.2, 0.25) is 0 Å². The fourth-order valence-corrected chi connectivity index (χ4v) is 1.51. The van der Waals surface area contributed by atoms with Gasteiger partial charge in [-0.05, 0) is 4.92 Å². The summed E-state index contributed by atoms with van der Waals surface area (Å²) in [5, 5.41) is 11.2. The lowest BCUT2D eigenvalue weighted by molar-refractivity contribution is -0.392. The van der Waals surface area contributed by atoms with E-state index in [-0.39, 0.29) is 5.82 Å². The number of hydrogen-bond acceptors (Lipinski definition) is 3. The second kappa shape index (κ2) is 4.36. The van der Waals surface area contributed by atoms with Crippen LogP contribution in [0.2, 0.25) is 0 Å². The van der Waals surface area contributed by atoms with E-state index in [1.54, 1.807) is 4.57 Å². The highest BCUT2D eigenvalue weighted by Gasteiger charge is 2.17. The number of imidazole rings is 1. The molecule has 0 saturated carbocycles. The number of aryl methyl sites for hydroxylation is 1. The van der Waals surface area contributed by atoms with Crippen molar-refractivity contribution in [1.82, 2.24) is 9.55 Å². The predicted octanol–water partition coefficient (Wildman–Crippen LogP) is 1.75. The average Bonchev–Trinajstić information content (AvgIpc) is 2.48. The van der Waals surface area contributed by atoms with Gasteiger partial charge in [-0.25, -0.2) is 9.55 Å². The fraction of sp³-hybridized carbons (Fsp3) is 0.571. The number of aromatic nitrogens is 2. The highest BCUT2D eigenvalue weighted by atomic mass is 79.9. The van der Waals surface area contributed by atoms with E-state index >= 15 is 0 Å². The van der Waals surface area contributed by atoms with Crippen molar-refractivity contribution in [2.24, 2.45) is 0 Å². The SMILES string of the molecule is CCc1ncc([N+](=O)[O-])n1CCBr. The standard InChI is InChI=1S/C7H10BrN3O2/c1-2-6-9-5-7(11(12)13)10(6)4-3-8/h5H,2-4H2,1H3. The van der Waals surface area contributed by atoms with Crippen molar-refractivity contribution in [1.29, 1.82) is 0 Å². The van der Waals surface area contributed by atoms with Crippen molar-refractivity contribution in [3.63, 3.8) is 0 Å². The maximum atomic E-state index is 10.6. The number of hydrogen-bond donors (Lipinski definition) is 0. The second-order valence-electron chi connectivity index (χ2n) is 2.48. The van der Waals surface area contributed by atoms with Gasteiger partial charge in [-0.15, -0.1) is 0 Å². The van der Waals surface area contributed by atoms with Gasteiger partial charge in [-0.2, -0.15) is 0 Å². The van der Waals surface area contributed by atoms with Crippen molar-refractivity contribution < 1.29 is 4.92 Å². The van der Waals surface area contributed by atoms with E-state index in [1.165, 1.54) is 6.20 Å². The molecule has 1 aromatic heterocycles.